The van der Waals surface area contributed by atoms with Gasteiger partial charge in [-0.25, -0.2) is 18.4 Å². The summed E-state index contributed by atoms with van der Waals surface area (Å²) >= 11 is 5.30. The lowest BCUT2D eigenvalue weighted by atomic mass is 10.0. The maximum Gasteiger partial charge on any atom is 0.318 e. The molecule has 2 aromatic heterocycles. The summed E-state index contributed by atoms with van der Waals surface area (Å²) in [5, 5.41) is 5.82. The quantitative estimate of drug-likeness (QED) is 0.143. The van der Waals surface area contributed by atoms with Crippen LogP contribution in [0.15, 0.2) is 49.3 Å². The van der Waals surface area contributed by atoms with Gasteiger partial charge >= 0.3 is 5.37 Å². The number of hydrogen-bond donors (Lipinski definition) is 1. The number of carbonyl (C=O) groups is 1. The fourth-order valence-corrected chi connectivity index (χ4v) is 4.27. The van der Waals surface area contributed by atoms with Crippen LogP contribution in [0.1, 0.15) is 16.7 Å². The average molecular weight is 559 g/mol. The lowest BCUT2D eigenvalue weighted by Gasteiger charge is -2.19. The second-order valence-corrected chi connectivity index (χ2v) is 8.57. The van der Waals surface area contributed by atoms with Crippen molar-refractivity contribution in [3.63, 3.8) is 0 Å². The van der Waals surface area contributed by atoms with Crippen molar-refractivity contribution >= 4 is 33.7 Å². The van der Waals surface area contributed by atoms with E-state index < -0.39 is 22.7 Å². The molecule has 0 aliphatic carbocycles. The molecule has 39 heavy (non-hydrogen) atoms. The summed E-state index contributed by atoms with van der Waals surface area (Å²) < 4.78 is 53.8. The Kier molecular flexibility index (Phi) is 8.50. The first-order chi connectivity index (χ1) is 18.8. The minimum atomic E-state index is -1.17. The zero-order chi connectivity index (χ0) is 28.1. The summed E-state index contributed by atoms with van der Waals surface area (Å²) in [6, 6.07) is 7.56. The number of amides is 1. The highest BCUT2D eigenvalue weighted by atomic mass is 35.5. The van der Waals surface area contributed by atoms with Gasteiger partial charge in [-0.15, -0.1) is 0 Å². The number of benzene rings is 2. The van der Waals surface area contributed by atoms with Crippen molar-refractivity contribution in [3.8, 4) is 23.0 Å². The van der Waals surface area contributed by atoms with E-state index in [0.29, 0.717) is 28.9 Å². The third-order valence-electron chi connectivity index (χ3n) is 5.91. The molecule has 1 N–H and O–H groups in total. The molecular formula is C27H25ClF2N4O5. The second kappa shape index (κ2) is 12.0. The Balaban J connectivity index is 1.80. The van der Waals surface area contributed by atoms with Crippen LogP contribution in [0, 0.1) is 11.6 Å². The Morgan fingerprint density at radius 3 is 2.28 bits per heavy atom. The van der Waals surface area contributed by atoms with Gasteiger partial charge in [-0.05, 0) is 29.3 Å². The lowest BCUT2D eigenvalue weighted by Crippen LogP contribution is -2.11. The smallest absolute Gasteiger partial charge is 0.318 e. The molecule has 0 spiro atoms. The monoisotopic (exact) mass is 558 g/mol. The lowest BCUT2D eigenvalue weighted by molar-refractivity contribution is 0.268. The molecule has 0 aliphatic heterocycles. The molecule has 2 heterocycles. The first-order valence-electron chi connectivity index (χ1n) is 11.6. The first-order valence-corrected chi connectivity index (χ1v) is 12.0. The van der Waals surface area contributed by atoms with Crippen molar-refractivity contribution in [2.75, 3.05) is 33.3 Å². The fourth-order valence-electron chi connectivity index (χ4n) is 4.18. The number of ether oxygens (including phenoxy) is 4. The zero-order valence-corrected chi connectivity index (χ0v) is 22.1. The van der Waals surface area contributed by atoms with E-state index in [2.05, 4.69) is 16.7 Å². The number of anilines is 1. The van der Waals surface area contributed by atoms with Crippen LogP contribution in [0.25, 0.3) is 11.0 Å². The predicted molar refractivity (Wildman–Crippen MR) is 142 cm³/mol. The van der Waals surface area contributed by atoms with E-state index >= 15 is 8.78 Å². The molecule has 4 rings (SSSR count). The molecule has 0 saturated heterocycles. The number of pyridine rings is 1. The zero-order valence-electron chi connectivity index (χ0n) is 21.4. The Hall–Kier alpha value is -4.38. The Bertz CT molecular complexity index is 1490. The standard InChI is InChI=1S/C27H25ClF2N4O5/c1-5-10-39-23-16(11-18-24(37-3)20(29)22(33-27(28)35)21(30)25(18)38-4)12-31-26-19(23)13-32-34(26)14-15-6-8-17(36-2)9-7-15/h5-9,12-13H,1,10-11,14H2,2-4H3,(H,33,35). The molecule has 0 unspecified atom stereocenters. The maximum absolute atomic E-state index is 15.2. The molecule has 0 fully saturated rings. The molecule has 12 heteroatoms. The predicted octanol–water partition coefficient (Wildman–Crippen LogP) is 5.71. The molecule has 0 radical (unpaired) electrons. The minimum absolute atomic E-state index is 0.0396. The van der Waals surface area contributed by atoms with E-state index in [-0.39, 0.29) is 30.1 Å². The number of nitrogens with one attached hydrogen (secondary N) is 1. The van der Waals surface area contributed by atoms with Crippen LogP contribution in [0.2, 0.25) is 0 Å². The topological polar surface area (TPSA) is 96.7 Å². The van der Waals surface area contributed by atoms with Crippen LogP contribution in [0.4, 0.5) is 19.3 Å². The molecule has 9 nitrogen and oxygen atoms in total. The minimum Gasteiger partial charge on any atom is -0.497 e. The van der Waals surface area contributed by atoms with E-state index in [0.717, 1.165) is 11.3 Å². The number of aromatic nitrogens is 3. The molecule has 0 aliphatic rings. The summed E-state index contributed by atoms with van der Waals surface area (Å²) in [7, 11) is 4.03. The number of hydrogen-bond acceptors (Lipinski definition) is 7. The largest absolute Gasteiger partial charge is 0.497 e. The number of methoxy groups -OCH3 is 3. The third-order valence-corrected chi connectivity index (χ3v) is 6.01. The van der Waals surface area contributed by atoms with Gasteiger partial charge in [0.1, 0.15) is 23.8 Å². The maximum atomic E-state index is 15.2. The highest BCUT2D eigenvalue weighted by Gasteiger charge is 2.28. The van der Waals surface area contributed by atoms with Crippen molar-refractivity contribution in [1.82, 2.24) is 14.8 Å². The van der Waals surface area contributed by atoms with Crippen LogP contribution < -0.4 is 24.3 Å². The molecule has 0 atom stereocenters. The third kappa shape index (κ3) is 5.58. The number of rotatable bonds is 11. The van der Waals surface area contributed by atoms with Crippen LogP contribution in [0.3, 0.4) is 0 Å². The fraction of sp³-hybridized carbons (Fsp3) is 0.222. The number of fused-ring (bicyclic) bond motifs is 1. The average Bonchev–Trinajstić information content (AvgIpc) is 3.33. The van der Waals surface area contributed by atoms with Crippen molar-refractivity contribution in [3.05, 3.63) is 77.6 Å². The number of nitrogens with zero attached hydrogens (tertiary/aromatic N) is 3. The normalized spacial score (nSPS) is 10.8. The molecule has 0 saturated carbocycles. The van der Waals surface area contributed by atoms with Gasteiger partial charge in [0.25, 0.3) is 0 Å². The molecule has 1 amide bonds. The van der Waals surface area contributed by atoms with Crippen LogP contribution in [0.5, 0.6) is 23.0 Å². The SMILES string of the molecule is C=CCOc1c(Cc2c(OC)c(F)c(NC(=O)Cl)c(F)c2OC)cnc2c1cnn2Cc1ccc(OC)cc1. The van der Waals surface area contributed by atoms with Crippen molar-refractivity contribution < 1.29 is 32.5 Å². The van der Waals surface area contributed by atoms with Crippen molar-refractivity contribution in [2.24, 2.45) is 0 Å². The summed E-state index contributed by atoms with van der Waals surface area (Å²) in [4.78, 5) is 15.9. The van der Waals surface area contributed by atoms with Crippen LogP contribution in [-0.4, -0.2) is 48.1 Å². The van der Waals surface area contributed by atoms with E-state index in [9.17, 15) is 4.79 Å². The van der Waals surface area contributed by atoms with Gasteiger partial charge in [-0.1, -0.05) is 24.8 Å². The Morgan fingerprint density at radius 1 is 1.05 bits per heavy atom. The highest BCUT2D eigenvalue weighted by Crippen LogP contribution is 2.43. The Labute approximate surface area is 227 Å². The van der Waals surface area contributed by atoms with Crippen molar-refractivity contribution in [2.45, 2.75) is 13.0 Å². The molecule has 2 aromatic carbocycles. The van der Waals surface area contributed by atoms with Gasteiger partial charge in [-0.2, -0.15) is 5.10 Å². The molecule has 0 bridgehead atoms. The van der Waals surface area contributed by atoms with Gasteiger partial charge in [0, 0.05) is 23.7 Å². The van der Waals surface area contributed by atoms with E-state index in [1.807, 2.05) is 29.6 Å². The molecule has 4 aromatic rings. The van der Waals surface area contributed by atoms with E-state index in [1.165, 1.54) is 20.4 Å². The Morgan fingerprint density at radius 2 is 1.72 bits per heavy atom. The van der Waals surface area contributed by atoms with Crippen LogP contribution in [-0.2, 0) is 13.0 Å². The summed E-state index contributed by atoms with van der Waals surface area (Å²) in [6.07, 6.45) is 4.63. The van der Waals surface area contributed by atoms with Gasteiger partial charge in [0.15, 0.2) is 28.8 Å². The van der Waals surface area contributed by atoms with Gasteiger partial charge in [0.05, 0.1) is 39.5 Å². The van der Waals surface area contributed by atoms with Gasteiger partial charge in [-0.3, -0.25) is 4.79 Å². The highest BCUT2D eigenvalue weighted by molar-refractivity contribution is 6.65. The van der Waals surface area contributed by atoms with Crippen LogP contribution >= 0.6 is 11.6 Å². The second-order valence-electron chi connectivity index (χ2n) is 8.22. The summed E-state index contributed by atoms with van der Waals surface area (Å²) in [5.41, 5.74) is 1.26. The molecular weight excluding hydrogens is 534 g/mol. The number of halogens is 3. The van der Waals surface area contributed by atoms with Gasteiger partial charge < -0.3 is 24.3 Å². The molecule has 204 valence electrons. The first kappa shape index (κ1) is 27.6. The number of carbonyl (C=O) groups excluding carboxylic acids is 1. The van der Waals surface area contributed by atoms with Crippen molar-refractivity contribution in [1.29, 1.82) is 0 Å². The van der Waals surface area contributed by atoms with Gasteiger partial charge in [0.2, 0.25) is 0 Å². The van der Waals surface area contributed by atoms with E-state index in [1.54, 1.807) is 24.1 Å². The summed E-state index contributed by atoms with van der Waals surface area (Å²) in [5.74, 6) is -1.81. The summed E-state index contributed by atoms with van der Waals surface area (Å²) in [6.45, 7) is 4.30. The van der Waals surface area contributed by atoms with E-state index in [4.69, 9.17) is 30.5 Å².